The van der Waals surface area contributed by atoms with Crippen LogP contribution in [-0.4, -0.2) is 26.2 Å². The van der Waals surface area contributed by atoms with Crippen LogP contribution in [-0.2, 0) is 25.7 Å². The molecule has 0 saturated carbocycles. The number of anilines is 1. The Morgan fingerprint density at radius 3 is 2.28 bits per heavy atom. The maximum atomic E-state index is 11.6. The van der Waals surface area contributed by atoms with Crippen molar-refractivity contribution in [3.8, 4) is 5.75 Å². The van der Waals surface area contributed by atoms with Gasteiger partial charge in [-0.25, -0.2) is 9.59 Å². The van der Waals surface area contributed by atoms with E-state index in [-0.39, 0.29) is 5.57 Å². The molecule has 0 aliphatic heterocycles. The normalized spacial score (nSPS) is 9.68. The molecular weight excluding hydrogens is 322 g/mol. The van der Waals surface area contributed by atoms with Crippen molar-refractivity contribution in [2.45, 2.75) is 6.61 Å². The van der Waals surface area contributed by atoms with Gasteiger partial charge in [0.2, 0.25) is 0 Å². The van der Waals surface area contributed by atoms with Gasteiger partial charge in [-0.3, -0.25) is 0 Å². The van der Waals surface area contributed by atoms with Crippen molar-refractivity contribution in [2.24, 2.45) is 0 Å². The number of hydrogen-bond donors (Lipinski definition) is 1. The summed E-state index contributed by atoms with van der Waals surface area (Å²) in [5, 5.41) is 2.87. The lowest BCUT2D eigenvalue weighted by Gasteiger charge is -2.09. The summed E-state index contributed by atoms with van der Waals surface area (Å²) in [7, 11) is 2.38. The SMILES string of the molecule is COC(=O)C(=CNc1cccc(OCc2ccccc2)c1)C(=O)OC. The van der Waals surface area contributed by atoms with Crippen molar-refractivity contribution in [1.29, 1.82) is 0 Å². The van der Waals surface area contributed by atoms with E-state index >= 15 is 0 Å². The second-order valence-electron chi connectivity index (χ2n) is 4.99. The lowest BCUT2D eigenvalue weighted by molar-refractivity contribution is -0.144. The fourth-order valence-electron chi connectivity index (χ4n) is 1.99. The fraction of sp³-hybridized carbons (Fsp3) is 0.158. The first kappa shape index (κ1) is 18.1. The number of benzene rings is 2. The molecule has 0 aliphatic rings. The highest BCUT2D eigenvalue weighted by molar-refractivity contribution is 6.14. The highest BCUT2D eigenvalue weighted by Gasteiger charge is 2.19. The van der Waals surface area contributed by atoms with Crippen LogP contribution >= 0.6 is 0 Å². The fourth-order valence-corrected chi connectivity index (χ4v) is 1.99. The first-order chi connectivity index (χ1) is 12.1. The molecule has 2 aromatic rings. The molecule has 25 heavy (non-hydrogen) atoms. The van der Waals surface area contributed by atoms with Crippen LogP contribution in [0.2, 0.25) is 0 Å². The van der Waals surface area contributed by atoms with Gasteiger partial charge >= 0.3 is 11.9 Å². The van der Waals surface area contributed by atoms with Crippen LogP contribution in [0.4, 0.5) is 5.69 Å². The zero-order valence-electron chi connectivity index (χ0n) is 14.0. The van der Waals surface area contributed by atoms with E-state index in [1.54, 1.807) is 18.2 Å². The predicted octanol–water partition coefficient (Wildman–Crippen LogP) is 2.91. The van der Waals surface area contributed by atoms with Gasteiger partial charge in [0.1, 0.15) is 12.4 Å². The molecule has 0 aliphatic carbocycles. The summed E-state index contributed by atoms with van der Waals surface area (Å²) in [6, 6.07) is 16.9. The van der Waals surface area contributed by atoms with E-state index in [9.17, 15) is 9.59 Å². The minimum absolute atomic E-state index is 0.236. The van der Waals surface area contributed by atoms with Crippen molar-refractivity contribution >= 4 is 17.6 Å². The maximum Gasteiger partial charge on any atom is 0.346 e. The van der Waals surface area contributed by atoms with E-state index in [4.69, 9.17) is 4.74 Å². The van der Waals surface area contributed by atoms with Crippen LogP contribution in [0.5, 0.6) is 5.75 Å². The number of hydrogen-bond acceptors (Lipinski definition) is 6. The van der Waals surface area contributed by atoms with Gasteiger partial charge in [0.15, 0.2) is 5.57 Å². The summed E-state index contributed by atoms with van der Waals surface area (Å²) < 4.78 is 14.9. The van der Waals surface area contributed by atoms with Crippen molar-refractivity contribution in [1.82, 2.24) is 0 Å². The Morgan fingerprint density at radius 2 is 1.64 bits per heavy atom. The molecule has 0 aromatic heterocycles. The van der Waals surface area contributed by atoms with Gasteiger partial charge in [-0.2, -0.15) is 0 Å². The molecule has 0 radical (unpaired) electrons. The molecule has 2 aromatic carbocycles. The lowest BCUT2D eigenvalue weighted by Crippen LogP contribution is -2.17. The van der Waals surface area contributed by atoms with Crippen molar-refractivity contribution in [3.05, 3.63) is 71.9 Å². The average Bonchev–Trinajstić information content (AvgIpc) is 2.67. The lowest BCUT2D eigenvalue weighted by atomic mass is 10.2. The van der Waals surface area contributed by atoms with Gasteiger partial charge in [-0.1, -0.05) is 36.4 Å². The van der Waals surface area contributed by atoms with Crippen molar-refractivity contribution < 1.29 is 23.8 Å². The summed E-state index contributed by atoms with van der Waals surface area (Å²) in [6.07, 6.45) is 1.24. The number of esters is 2. The monoisotopic (exact) mass is 341 g/mol. The van der Waals surface area contributed by atoms with Crippen LogP contribution in [0.3, 0.4) is 0 Å². The summed E-state index contributed by atoms with van der Waals surface area (Å²) in [5.74, 6) is -0.911. The van der Waals surface area contributed by atoms with E-state index < -0.39 is 11.9 Å². The van der Waals surface area contributed by atoms with Crippen molar-refractivity contribution in [2.75, 3.05) is 19.5 Å². The van der Waals surface area contributed by atoms with Gasteiger partial charge in [0.25, 0.3) is 0 Å². The number of ether oxygens (including phenoxy) is 3. The number of carbonyl (C=O) groups is 2. The smallest absolute Gasteiger partial charge is 0.346 e. The molecule has 0 atom stereocenters. The molecule has 0 bridgehead atoms. The molecule has 0 fully saturated rings. The first-order valence-corrected chi connectivity index (χ1v) is 7.54. The quantitative estimate of drug-likeness (QED) is 0.361. The number of rotatable bonds is 7. The molecule has 0 spiro atoms. The molecule has 1 N–H and O–H groups in total. The Morgan fingerprint density at radius 1 is 0.960 bits per heavy atom. The Kier molecular flexibility index (Phi) is 6.59. The third kappa shape index (κ3) is 5.39. The zero-order valence-corrected chi connectivity index (χ0v) is 14.0. The first-order valence-electron chi connectivity index (χ1n) is 7.54. The molecule has 0 heterocycles. The van der Waals surface area contributed by atoms with E-state index in [1.807, 2.05) is 36.4 Å². The van der Waals surface area contributed by atoms with E-state index in [1.165, 1.54) is 20.4 Å². The maximum absolute atomic E-state index is 11.6. The summed E-state index contributed by atoms with van der Waals surface area (Å²) in [6.45, 7) is 0.440. The highest BCUT2D eigenvalue weighted by atomic mass is 16.5. The standard InChI is InChI=1S/C19H19NO5/c1-23-18(21)17(19(22)24-2)12-20-15-9-6-10-16(11-15)25-13-14-7-4-3-5-8-14/h3-12,20H,13H2,1-2H3. The summed E-state index contributed by atoms with van der Waals surface area (Å²) in [4.78, 5) is 23.2. The largest absolute Gasteiger partial charge is 0.489 e. The van der Waals surface area contributed by atoms with Gasteiger partial charge in [-0.15, -0.1) is 0 Å². The molecule has 0 saturated heterocycles. The van der Waals surface area contributed by atoms with Crippen LogP contribution in [0.25, 0.3) is 0 Å². The van der Waals surface area contributed by atoms with Gasteiger partial charge in [-0.05, 0) is 17.7 Å². The molecule has 2 rings (SSSR count). The van der Waals surface area contributed by atoms with Crippen LogP contribution < -0.4 is 10.1 Å². The molecule has 6 heteroatoms. The third-order valence-electron chi connectivity index (χ3n) is 3.28. The molecule has 0 amide bonds. The van der Waals surface area contributed by atoms with Crippen molar-refractivity contribution in [3.63, 3.8) is 0 Å². The molecule has 130 valence electrons. The number of methoxy groups -OCH3 is 2. The Labute approximate surface area is 146 Å². The Balaban J connectivity index is 2.06. The highest BCUT2D eigenvalue weighted by Crippen LogP contribution is 2.19. The summed E-state index contributed by atoms with van der Waals surface area (Å²) >= 11 is 0. The van der Waals surface area contributed by atoms with Crippen LogP contribution in [0.15, 0.2) is 66.4 Å². The van der Waals surface area contributed by atoms with E-state index in [0.717, 1.165) is 5.56 Å². The van der Waals surface area contributed by atoms with Gasteiger partial charge in [0, 0.05) is 18.0 Å². The van der Waals surface area contributed by atoms with Crippen LogP contribution in [0.1, 0.15) is 5.56 Å². The average molecular weight is 341 g/mol. The molecule has 6 nitrogen and oxygen atoms in total. The van der Waals surface area contributed by atoms with E-state index in [0.29, 0.717) is 18.0 Å². The summed E-state index contributed by atoms with van der Waals surface area (Å²) in [5.41, 5.74) is 1.47. The number of nitrogens with one attached hydrogen (secondary N) is 1. The van der Waals surface area contributed by atoms with Gasteiger partial charge < -0.3 is 19.5 Å². The third-order valence-corrected chi connectivity index (χ3v) is 3.28. The van der Waals surface area contributed by atoms with E-state index in [2.05, 4.69) is 14.8 Å². The second kappa shape index (κ2) is 9.12. The zero-order chi connectivity index (χ0) is 18.1. The number of carbonyl (C=O) groups excluding carboxylic acids is 2. The molecular formula is C19H19NO5. The Bertz CT molecular complexity index is 737. The second-order valence-corrected chi connectivity index (χ2v) is 4.99. The van der Waals surface area contributed by atoms with Gasteiger partial charge in [0.05, 0.1) is 14.2 Å². The van der Waals surface area contributed by atoms with Crippen LogP contribution in [0, 0.1) is 0 Å². The minimum Gasteiger partial charge on any atom is -0.489 e. The molecule has 0 unspecified atom stereocenters. The topological polar surface area (TPSA) is 73.9 Å². The predicted molar refractivity (Wildman–Crippen MR) is 93.0 cm³/mol. The Hall–Kier alpha value is -3.28. The minimum atomic E-state index is -0.782.